The molecule has 122 valence electrons. The second kappa shape index (κ2) is 6.81. The average Bonchev–Trinajstić information content (AvgIpc) is 2.58. The van der Waals surface area contributed by atoms with E-state index < -0.39 is 10.0 Å². The summed E-state index contributed by atoms with van der Waals surface area (Å²) in [6, 6.07) is 11.8. The summed E-state index contributed by atoms with van der Waals surface area (Å²) in [4.78, 5) is 4.04. The highest BCUT2D eigenvalue weighted by Crippen LogP contribution is 2.29. The number of nitrogens with zero attached hydrogens (tertiary/aromatic N) is 2. The highest BCUT2D eigenvalue weighted by Gasteiger charge is 2.28. The first-order valence-electron chi connectivity index (χ1n) is 7.98. The minimum atomic E-state index is -3.24. The zero-order valence-corrected chi connectivity index (χ0v) is 14.2. The van der Waals surface area contributed by atoms with Crippen molar-refractivity contribution < 1.29 is 8.42 Å². The molecule has 0 spiro atoms. The zero-order valence-electron chi connectivity index (χ0n) is 13.4. The SMILES string of the molecule is Cc1ccccc1CS(=O)(=O)N1CCC(c2ccncc2)CC1. The van der Waals surface area contributed by atoms with Gasteiger partial charge in [0.1, 0.15) is 0 Å². The summed E-state index contributed by atoms with van der Waals surface area (Å²) in [5.41, 5.74) is 3.18. The van der Waals surface area contributed by atoms with Crippen LogP contribution in [0.3, 0.4) is 0 Å². The van der Waals surface area contributed by atoms with Crippen molar-refractivity contribution in [3.05, 3.63) is 65.5 Å². The van der Waals surface area contributed by atoms with Gasteiger partial charge in [-0.05, 0) is 54.5 Å². The van der Waals surface area contributed by atoms with E-state index in [1.807, 2.05) is 43.3 Å². The minimum absolute atomic E-state index is 0.0968. The number of piperidine rings is 1. The number of benzene rings is 1. The van der Waals surface area contributed by atoms with Gasteiger partial charge in [0.25, 0.3) is 0 Å². The molecule has 23 heavy (non-hydrogen) atoms. The van der Waals surface area contributed by atoms with E-state index in [-0.39, 0.29) is 5.75 Å². The van der Waals surface area contributed by atoms with Gasteiger partial charge in [0, 0.05) is 25.5 Å². The van der Waals surface area contributed by atoms with Crippen molar-refractivity contribution in [1.29, 1.82) is 0 Å². The topological polar surface area (TPSA) is 50.3 Å². The van der Waals surface area contributed by atoms with Gasteiger partial charge in [-0.25, -0.2) is 12.7 Å². The normalized spacial score (nSPS) is 17.3. The van der Waals surface area contributed by atoms with Gasteiger partial charge in [0.2, 0.25) is 10.0 Å². The van der Waals surface area contributed by atoms with Crippen LogP contribution in [0.1, 0.15) is 35.4 Å². The molecule has 1 aliphatic heterocycles. The summed E-state index contributed by atoms with van der Waals surface area (Å²) in [7, 11) is -3.24. The molecule has 1 saturated heterocycles. The fourth-order valence-corrected chi connectivity index (χ4v) is 4.83. The van der Waals surface area contributed by atoms with E-state index in [4.69, 9.17) is 0 Å². The number of aryl methyl sites for hydroxylation is 1. The molecular formula is C18H22N2O2S. The molecule has 1 aliphatic rings. The van der Waals surface area contributed by atoms with Crippen molar-refractivity contribution in [2.75, 3.05) is 13.1 Å². The third-order valence-electron chi connectivity index (χ3n) is 4.62. The van der Waals surface area contributed by atoms with E-state index in [0.717, 1.165) is 24.0 Å². The van der Waals surface area contributed by atoms with E-state index in [0.29, 0.717) is 19.0 Å². The molecule has 0 saturated carbocycles. The predicted molar refractivity (Wildman–Crippen MR) is 91.6 cm³/mol. The van der Waals surface area contributed by atoms with E-state index in [1.54, 1.807) is 16.7 Å². The molecule has 1 aromatic heterocycles. The number of hydrogen-bond donors (Lipinski definition) is 0. The smallest absolute Gasteiger partial charge is 0.218 e. The highest BCUT2D eigenvalue weighted by atomic mass is 32.2. The Labute approximate surface area is 138 Å². The van der Waals surface area contributed by atoms with E-state index in [9.17, 15) is 8.42 Å². The predicted octanol–water partition coefficient (Wildman–Crippen LogP) is 3.10. The molecule has 0 atom stereocenters. The van der Waals surface area contributed by atoms with Gasteiger partial charge in [0.15, 0.2) is 0 Å². The Balaban J connectivity index is 1.66. The molecular weight excluding hydrogens is 308 g/mol. The van der Waals surface area contributed by atoms with Crippen molar-refractivity contribution in [2.24, 2.45) is 0 Å². The van der Waals surface area contributed by atoms with Gasteiger partial charge in [-0.1, -0.05) is 24.3 Å². The molecule has 0 bridgehead atoms. The molecule has 0 amide bonds. The quantitative estimate of drug-likeness (QED) is 0.865. The maximum atomic E-state index is 12.7. The Bertz CT molecular complexity index is 752. The molecule has 1 fully saturated rings. The second-order valence-corrected chi connectivity index (χ2v) is 8.11. The zero-order chi connectivity index (χ0) is 16.3. The maximum Gasteiger partial charge on any atom is 0.218 e. The Morgan fingerprint density at radius 2 is 1.74 bits per heavy atom. The number of sulfonamides is 1. The Kier molecular flexibility index (Phi) is 4.78. The molecule has 4 nitrogen and oxygen atoms in total. The summed E-state index contributed by atoms with van der Waals surface area (Å²) in [6.45, 7) is 3.16. The summed E-state index contributed by atoms with van der Waals surface area (Å²) in [5.74, 6) is 0.530. The third kappa shape index (κ3) is 3.79. The highest BCUT2D eigenvalue weighted by molar-refractivity contribution is 7.88. The second-order valence-electron chi connectivity index (χ2n) is 6.14. The monoisotopic (exact) mass is 330 g/mol. The van der Waals surface area contributed by atoms with Crippen LogP contribution in [0.25, 0.3) is 0 Å². The van der Waals surface area contributed by atoms with Crippen LogP contribution >= 0.6 is 0 Å². The van der Waals surface area contributed by atoms with Crippen LogP contribution in [-0.4, -0.2) is 30.8 Å². The van der Waals surface area contributed by atoms with Gasteiger partial charge in [-0.15, -0.1) is 0 Å². The van der Waals surface area contributed by atoms with Crippen molar-refractivity contribution in [1.82, 2.24) is 9.29 Å². The van der Waals surface area contributed by atoms with E-state index in [1.165, 1.54) is 5.56 Å². The first-order chi connectivity index (χ1) is 11.1. The molecule has 2 aromatic rings. The lowest BCUT2D eigenvalue weighted by atomic mass is 9.91. The standard InChI is InChI=1S/C18H22N2O2S/c1-15-4-2-3-5-18(15)14-23(21,22)20-12-8-17(9-13-20)16-6-10-19-11-7-16/h2-7,10-11,17H,8-9,12-14H2,1H3. The summed E-state index contributed by atoms with van der Waals surface area (Å²) >= 11 is 0. The van der Waals surface area contributed by atoms with E-state index >= 15 is 0 Å². The molecule has 3 rings (SSSR count). The first kappa shape index (κ1) is 16.1. The lowest BCUT2D eigenvalue weighted by Crippen LogP contribution is -2.38. The minimum Gasteiger partial charge on any atom is -0.265 e. The number of aromatic nitrogens is 1. The van der Waals surface area contributed by atoms with Gasteiger partial charge >= 0.3 is 0 Å². The molecule has 1 aromatic carbocycles. The van der Waals surface area contributed by atoms with Crippen LogP contribution in [0.5, 0.6) is 0 Å². The van der Waals surface area contributed by atoms with Crippen molar-refractivity contribution in [2.45, 2.75) is 31.4 Å². The summed E-state index contributed by atoms with van der Waals surface area (Å²) in [6.07, 6.45) is 5.35. The number of hydrogen-bond acceptors (Lipinski definition) is 3. The largest absolute Gasteiger partial charge is 0.265 e. The van der Waals surface area contributed by atoms with Gasteiger partial charge < -0.3 is 0 Å². The fourth-order valence-electron chi connectivity index (χ4n) is 3.16. The van der Waals surface area contributed by atoms with Crippen LogP contribution in [0, 0.1) is 6.92 Å². The van der Waals surface area contributed by atoms with E-state index in [2.05, 4.69) is 4.98 Å². The molecule has 0 aliphatic carbocycles. The lowest BCUT2D eigenvalue weighted by molar-refractivity contribution is 0.319. The Morgan fingerprint density at radius 3 is 2.39 bits per heavy atom. The third-order valence-corrected chi connectivity index (χ3v) is 6.45. The lowest BCUT2D eigenvalue weighted by Gasteiger charge is -2.31. The van der Waals surface area contributed by atoms with Crippen molar-refractivity contribution in [3.8, 4) is 0 Å². The maximum absolute atomic E-state index is 12.7. The molecule has 5 heteroatoms. The number of rotatable bonds is 4. The average molecular weight is 330 g/mol. The van der Waals surface area contributed by atoms with Gasteiger partial charge in [-0.3, -0.25) is 4.98 Å². The number of pyridine rings is 1. The van der Waals surface area contributed by atoms with Crippen LogP contribution in [0.2, 0.25) is 0 Å². The molecule has 2 heterocycles. The molecule has 0 radical (unpaired) electrons. The van der Waals surface area contributed by atoms with Crippen LogP contribution in [0.4, 0.5) is 0 Å². The van der Waals surface area contributed by atoms with Gasteiger partial charge in [0.05, 0.1) is 5.75 Å². The molecule has 0 N–H and O–H groups in total. The van der Waals surface area contributed by atoms with Crippen LogP contribution in [-0.2, 0) is 15.8 Å². The van der Waals surface area contributed by atoms with Crippen LogP contribution in [0.15, 0.2) is 48.8 Å². The summed E-state index contributed by atoms with van der Waals surface area (Å²) < 4.78 is 27.0. The van der Waals surface area contributed by atoms with Crippen molar-refractivity contribution >= 4 is 10.0 Å². The summed E-state index contributed by atoms with van der Waals surface area (Å²) in [5, 5.41) is 0. The Morgan fingerprint density at radius 1 is 1.09 bits per heavy atom. The first-order valence-corrected chi connectivity index (χ1v) is 9.59. The Hall–Kier alpha value is -1.72. The fraction of sp³-hybridized carbons (Fsp3) is 0.389. The molecule has 0 unspecified atom stereocenters. The van der Waals surface area contributed by atoms with Gasteiger partial charge in [-0.2, -0.15) is 0 Å². The van der Waals surface area contributed by atoms with Crippen LogP contribution < -0.4 is 0 Å². The van der Waals surface area contributed by atoms with Crippen molar-refractivity contribution in [3.63, 3.8) is 0 Å².